The monoisotopic (exact) mass is 717 g/mol. The molecular weight excluding hydrogens is 687 g/mol. The van der Waals surface area contributed by atoms with Crippen molar-refractivity contribution in [3.63, 3.8) is 0 Å². The first-order chi connectivity index (χ1) is 27.8. The molecule has 7 aromatic carbocycles. The Hall–Kier alpha value is -7.63. The van der Waals surface area contributed by atoms with Crippen molar-refractivity contribution < 1.29 is 8.83 Å². The summed E-state index contributed by atoms with van der Waals surface area (Å²) in [5.41, 5.74) is 14.3. The molecule has 0 amide bonds. The maximum absolute atomic E-state index is 6.73. The quantitative estimate of drug-likeness (QED) is 0.171. The molecule has 11 aromatic rings. The van der Waals surface area contributed by atoms with E-state index in [2.05, 4.69) is 108 Å². The highest BCUT2D eigenvalue weighted by Crippen LogP contribution is 2.45. The van der Waals surface area contributed by atoms with E-state index in [1.165, 1.54) is 0 Å². The molecule has 11 rings (SSSR count). The minimum Gasteiger partial charge on any atom is -0.456 e. The van der Waals surface area contributed by atoms with Gasteiger partial charge in [0.05, 0.1) is 17.1 Å². The second-order valence-corrected chi connectivity index (χ2v) is 13.9. The van der Waals surface area contributed by atoms with E-state index in [0.29, 0.717) is 5.82 Å². The minimum absolute atomic E-state index is 0.667. The predicted molar refractivity (Wildman–Crippen MR) is 227 cm³/mol. The molecule has 0 saturated carbocycles. The van der Waals surface area contributed by atoms with Crippen LogP contribution >= 0.6 is 0 Å². The maximum atomic E-state index is 6.73. The molecule has 0 bridgehead atoms. The molecule has 5 nitrogen and oxygen atoms in total. The lowest BCUT2D eigenvalue weighted by Gasteiger charge is -2.13. The Labute approximate surface area is 322 Å². The van der Waals surface area contributed by atoms with E-state index >= 15 is 0 Å². The van der Waals surface area contributed by atoms with Gasteiger partial charge in [0.25, 0.3) is 0 Å². The molecule has 0 radical (unpaired) electrons. The van der Waals surface area contributed by atoms with Crippen LogP contribution in [0.25, 0.3) is 111 Å². The number of hydrogen-bond acceptors (Lipinski definition) is 5. The smallest absolute Gasteiger partial charge is 0.160 e. The highest BCUT2D eigenvalue weighted by Gasteiger charge is 2.21. The van der Waals surface area contributed by atoms with E-state index in [9.17, 15) is 0 Å². The Morgan fingerprint density at radius 3 is 1.73 bits per heavy atom. The van der Waals surface area contributed by atoms with Gasteiger partial charge in [0.15, 0.2) is 5.82 Å². The van der Waals surface area contributed by atoms with Crippen LogP contribution in [0.5, 0.6) is 0 Å². The molecule has 0 fully saturated rings. The lowest BCUT2D eigenvalue weighted by Crippen LogP contribution is -1.97. The molecule has 56 heavy (non-hydrogen) atoms. The van der Waals surface area contributed by atoms with E-state index in [1.54, 1.807) is 0 Å². The number of hydrogen-bond donors (Lipinski definition) is 0. The molecular formula is C51H31N3O2. The topological polar surface area (TPSA) is 65.0 Å². The van der Waals surface area contributed by atoms with Crippen molar-refractivity contribution in [3.05, 3.63) is 188 Å². The second kappa shape index (κ2) is 13.0. The van der Waals surface area contributed by atoms with Crippen LogP contribution in [0.2, 0.25) is 0 Å². The van der Waals surface area contributed by atoms with Crippen LogP contribution < -0.4 is 0 Å². The fourth-order valence-corrected chi connectivity index (χ4v) is 8.00. The van der Waals surface area contributed by atoms with Crippen molar-refractivity contribution in [2.75, 3.05) is 0 Å². The van der Waals surface area contributed by atoms with Gasteiger partial charge in [-0.25, -0.2) is 9.97 Å². The Balaban J connectivity index is 1.06. The SMILES string of the molecule is c1ccc(-c2nc(-c3ccc(-c4ccc(-c5cccc6oc7ccccc7c56)c5oc6ccccc6c45)cc3)cc(-c3ccccc3-c3ccccn3)n2)cc1. The Morgan fingerprint density at radius 1 is 0.339 bits per heavy atom. The number of furan rings is 2. The minimum atomic E-state index is 0.667. The van der Waals surface area contributed by atoms with Crippen LogP contribution in [0.1, 0.15) is 0 Å². The van der Waals surface area contributed by atoms with Crippen LogP contribution in [0.3, 0.4) is 0 Å². The van der Waals surface area contributed by atoms with Crippen molar-refractivity contribution in [1.29, 1.82) is 0 Å². The highest BCUT2D eigenvalue weighted by molar-refractivity contribution is 6.20. The molecule has 0 atom stereocenters. The zero-order chi connectivity index (χ0) is 37.0. The molecule has 262 valence electrons. The first kappa shape index (κ1) is 31.9. The lowest BCUT2D eigenvalue weighted by molar-refractivity contribution is 0.668. The van der Waals surface area contributed by atoms with Gasteiger partial charge in [-0.05, 0) is 59.2 Å². The summed E-state index contributed by atoms with van der Waals surface area (Å²) in [5.74, 6) is 0.667. The standard InChI is InChI=1S/C51H31N3O2/c1-2-13-34(14-3-1)51-53-43(31-44(54-51)37-16-5-4-15-36(37)42-20-10-11-30-52-42)33-26-24-32(25-27-33)35-28-29-39(50-49(35)41-18-7-9-22-46(41)56-50)38-19-12-23-47-48(38)40-17-6-8-21-45(40)55-47/h1-31H. The number of nitrogens with zero attached hydrogens (tertiary/aromatic N) is 3. The summed E-state index contributed by atoms with van der Waals surface area (Å²) in [4.78, 5) is 14.9. The Bertz CT molecular complexity index is 3240. The highest BCUT2D eigenvalue weighted by atomic mass is 16.3. The summed E-state index contributed by atoms with van der Waals surface area (Å²) in [6.07, 6.45) is 1.82. The van der Waals surface area contributed by atoms with E-state index < -0.39 is 0 Å². The van der Waals surface area contributed by atoms with Gasteiger partial charge in [-0.15, -0.1) is 0 Å². The second-order valence-electron chi connectivity index (χ2n) is 13.9. The third-order valence-electron chi connectivity index (χ3n) is 10.6. The number of pyridine rings is 1. The molecule has 0 aliphatic carbocycles. The number of benzene rings is 7. The van der Waals surface area contributed by atoms with Crippen molar-refractivity contribution in [2.45, 2.75) is 0 Å². The fourth-order valence-electron chi connectivity index (χ4n) is 8.00. The number of para-hydroxylation sites is 2. The number of fused-ring (bicyclic) bond motifs is 6. The van der Waals surface area contributed by atoms with Crippen molar-refractivity contribution in [1.82, 2.24) is 15.0 Å². The molecule has 4 aromatic heterocycles. The molecule has 0 aliphatic heterocycles. The zero-order valence-corrected chi connectivity index (χ0v) is 30.1. The molecule has 0 aliphatic rings. The molecule has 4 heterocycles. The van der Waals surface area contributed by atoms with Crippen LogP contribution in [0.15, 0.2) is 197 Å². The zero-order valence-electron chi connectivity index (χ0n) is 30.1. The van der Waals surface area contributed by atoms with Crippen molar-refractivity contribution in [2.24, 2.45) is 0 Å². The predicted octanol–water partition coefficient (Wildman–Crippen LogP) is 13.7. The summed E-state index contributed by atoms with van der Waals surface area (Å²) in [6, 6.07) is 62.3. The molecule has 5 heteroatoms. The van der Waals surface area contributed by atoms with Gasteiger partial charge in [-0.3, -0.25) is 4.98 Å². The summed E-state index contributed by atoms with van der Waals surface area (Å²) in [7, 11) is 0. The third-order valence-corrected chi connectivity index (χ3v) is 10.6. The van der Waals surface area contributed by atoms with E-state index in [1.807, 2.05) is 85.1 Å². The van der Waals surface area contributed by atoms with Gasteiger partial charge < -0.3 is 8.83 Å². The van der Waals surface area contributed by atoms with E-state index in [-0.39, 0.29) is 0 Å². The van der Waals surface area contributed by atoms with Gasteiger partial charge in [-0.1, -0.05) is 140 Å². The number of rotatable bonds is 6. The summed E-state index contributed by atoms with van der Waals surface area (Å²) in [6.45, 7) is 0. The maximum Gasteiger partial charge on any atom is 0.160 e. The summed E-state index contributed by atoms with van der Waals surface area (Å²) >= 11 is 0. The Morgan fingerprint density at radius 2 is 0.946 bits per heavy atom. The number of aromatic nitrogens is 3. The third kappa shape index (κ3) is 5.29. The van der Waals surface area contributed by atoms with Crippen LogP contribution in [0, 0.1) is 0 Å². The normalized spacial score (nSPS) is 11.6. The van der Waals surface area contributed by atoms with Crippen LogP contribution in [0.4, 0.5) is 0 Å². The van der Waals surface area contributed by atoms with E-state index in [0.717, 1.165) is 105 Å². The van der Waals surface area contributed by atoms with Crippen molar-refractivity contribution >= 4 is 43.9 Å². The van der Waals surface area contributed by atoms with Gasteiger partial charge in [-0.2, -0.15) is 0 Å². The van der Waals surface area contributed by atoms with Crippen LogP contribution in [-0.4, -0.2) is 15.0 Å². The summed E-state index contributed by atoms with van der Waals surface area (Å²) < 4.78 is 13.0. The molecule has 0 saturated heterocycles. The van der Waals surface area contributed by atoms with Gasteiger partial charge in [0.2, 0.25) is 0 Å². The van der Waals surface area contributed by atoms with Gasteiger partial charge >= 0.3 is 0 Å². The Kier molecular flexibility index (Phi) is 7.42. The average Bonchev–Trinajstić information content (AvgIpc) is 3.86. The fraction of sp³-hybridized carbons (Fsp3) is 0. The summed E-state index contributed by atoms with van der Waals surface area (Å²) in [5, 5.41) is 4.33. The largest absolute Gasteiger partial charge is 0.456 e. The molecule has 0 N–H and O–H groups in total. The first-order valence-electron chi connectivity index (χ1n) is 18.7. The van der Waals surface area contributed by atoms with Crippen molar-refractivity contribution in [3.8, 4) is 67.4 Å². The van der Waals surface area contributed by atoms with Gasteiger partial charge in [0.1, 0.15) is 22.3 Å². The first-order valence-corrected chi connectivity index (χ1v) is 18.7. The molecule has 0 spiro atoms. The average molecular weight is 718 g/mol. The van der Waals surface area contributed by atoms with Crippen LogP contribution in [-0.2, 0) is 0 Å². The van der Waals surface area contributed by atoms with Gasteiger partial charge in [0, 0.05) is 55.6 Å². The molecule has 0 unspecified atom stereocenters. The lowest BCUT2D eigenvalue weighted by atomic mass is 9.92. The van der Waals surface area contributed by atoms with E-state index in [4.69, 9.17) is 18.8 Å².